The Morgan fingerprint density at radius 1 is 1.42 bits per heavy atom. The molecule has 1 aliphatic rings. The average molecular weight is 344 g/mol. The number of hydrogen-bond donors (Lipinski definition) is 1. The third kappa shape index (κ3) is 2.44. The fourth-order valence-electron chi connectivity index (χ4n) is 2.31. The predicted molar refractivity (Wildman–Crippen MR) is 87.2 cm³/mol. The van der Waals surface area contributed by atoms with Crippen LogP contribution in [0.15, 0.2) is 40.0 Å². The molecule has 0 unspecified atom stereocenters. The summed E-state index contributed by atoms with van der Waals surface area (Å²) in [5.74, 6) is 2.81. The van der Waals surface area contributed by atoms with Crippen LogP contribution in [0.1, 0.15) is 5.56 Å². The molecule has 122 valence electrons. The summed E-state index contributed by atoms with van der Waals surface area (Å²) in [6.07, 6.45) is 3.19. The van der Waals surface area contributed by atoms with Crippen LogP contribution >= 0.6 is 12.2 Å². The fraction of sp³-hybridized carbons (Fsp3) is 0.133. The topological polar surface area (TPSA) is 86.8 Å². The minimum atomic E-state index is 0.168. The maximum Gasteiger partial charge on any atom is 0.231 e. The molecule has 1 aromatic carbocycles. The molecule has 9 heteroatoms. The number of aromatic nitrogens is 3. The summed E-state index contributed by atoms with van der Waals surface area (Å²) in [5.41, 5.74) is 0.768. The number of aromatic amines is 1. The Labute approximate surface area is 141 Å². The summed E-state index contributed by atoms with van der Waals surface area (Å²) >= 11 is 5.21. The van der Waals surface area contributed by atoms with Gasteiger partial charge in [-0.15, -0.1) is 5.10 Å². The van der Waals surface area contributed by atoms with Crippen molar-refractivity contribution in [3.8, 4) is 28.8 Å². The number of methoxy groups -OCH3 is 1. The maximum absolute atomic E-state index is 5.40. The molecular formula is C15H12N4O4S. The van der Waals surface area contributed by atoms with Crippen LogP contribution in [0.25, 0.3) is 11.6 Å². The van der Waals surface area contributed by atoms with Crippen molar-refractivity contribution in [3.63, 3.8) is 0 Å². The molecule has 3 heterocycles. The first-order valence-corrected chi connectivity index (χ1v) is 7.40. The second kappa shape index (κ2) is 5.85. The van der Waals surface area contributed by atoms with Crippen LogP contribution < -0.4 is 14.2 Å². The monoisotopic (exact) mass is 344 g/mol. The van der Waals surface area contributed by atoms with Crippen molar-refractivity contribution in [1.82, 2.24) is 14.9 Å². The largest absolute Gasteiger partial charge is 0.493 e. The van der Waals surface area contributed by atoms with E-state index in [4.69, 9.17) is 30.8 Å². The lowest BCUT2D eigenvalue weighted by molar-refractivity contribution is 0.171. The number of benzene rings is 1. The molecule has 3 aromatic rings. The van der Waals surface area contributed by atoms with Gasteiger partial charge >= 0.3 is 0 Å². The van der Waals surface area contributed by atoms with Crippen molar-refractivity contribution >= 4 is 18.4 Å². The van der Waals surface area contributed by atoms with E-state index < -0.39 is 0 Å². The molecule has 0 bridgehead atoms. The van der Waals surface area contributed by atoms with Crippen molar-refractivity contribution in [1.29, 1.82) is 0 Å². The number of hydrogen-bond acceptors (Lipinski definition) is 7. The van der Waals surface area contributed by atoms with Gasteiger partial charge in [0.25, 0.3) is 0 Å². The Kier molecular flexibility index (Phi) is 3.54. The minimum Gasteiger partial charge on any atom is -0.493 e. The second-order valence-electron chi connectivity index (χ2n) is 4.84. The van der Waals surface area contributed by atoms with Gasteiger partial charge in [0, 0.05) is 5.56 Å². The highest BCUT2D eigenvalue weighted by Gasteiger charge is 2.19. The van der Waals surface area contributed by atoms with E-state index in [0.717, 1.165) is 5.56 Å². The van der Waals surface area contributed by atoms with E-state index in [0.29, 0.717) is 33.6 Å². The minimum absolute atomic E-state index is 0.168. The quantitative estimate of drug-likeness (QED) is 0.578. The number of rotatable bonds is 4. The van der Waals surface area contributed by atoms with Crippen molar-refractivity contribution in [2.24, 2.45) is 5.10 Å². The summed E-state index contributed by atoms with van der Waals surface area (Å²) in [4.78, 5) is 0. The lowest BCUT2D eigenvalue weighted by atomic mass is 10.2. The smallest absolute Gasteiger partial charge is 0.231 e. The van der Waals surface area contributed by atoms with Crippen LogP contribution in [0.4, 0.5) is 0 Å². The molecule has 4 rings (SSSR count). The van der Waals surface area contributed by atoms with E-state index in [1.165, 1.54) is 4.68 Å². The highest BCUT2D eigenvalue weighted by Crippen LogP contribution is 2.41. The van der Waals surface area contributed by atoms with E-state index in [9.17, 15) is 0 Å². The lowest BCUT2D eigenvalue weighted by Gasteiger charge is -2.05. The van der Waals surface area contributed by atoms with Gasteiger partial charge in [-0.2, -0.15) is 9.78 Å². The summed E-state index contributed by atoms with van der Waals surface area (Å²) < 4.78 is 23.3. The molecule has 0 radical (unpaired) electrons. The summed E-state index contributed by atoms with van der Waals surface area (Å²) in [5, 5.41) is 11.2. The zero-order valence-electron chi connectivity index (χ0n) is 12.6. The molecule has 24 heavy (non-hydrogen) atoms. The van der Waals surface area contributed by atoms with Crippen LogP contribution in [0.3, 0.4) is 0 Å². The van der Waals surface area contributed by atoms with Crippen molar-refractivity contribution in [2.75, 3.05) is 13.9 Å². The van der Waals surface area contributed by atoms with Gasteiger partial charge in [-0.25, -0.2) is 5.10 Å². The van der Waals surface area contributed by atoms with Gasteiger partial charge in [-0.3, -0.25) is 0 Å². The Morgan fingerprint density at radius 3 is 3.12 bits per heavy atom. The Morgan fingerprint density at radius 2 is 2.33 bits per heavy atom. The first-order valence-electron chi connectivity index (χ1n) is 6.99. The first-order chi connectivity index (χ1) is 11.8. The molecular weight excluding hydrogens is 332 g/mol. The maximum atomic E-state index is 5.40. The van der Waals surface area contributed by atoms with Crippen LogP contribution in [-0.4, -0.2) is 35.0 Å². The number of fused-ring (bicyclic) bond motifs is 1. The van der Waals surface area contributed by atoms with E-state index >= 15 is 0 Å². The highest BCUT2D eigenvalue weighted by atomic mass is 32.1. The average Bonchev–Trinajstić information content (AvgIpc) is 3.32. The fourth-order valence-corrected chi connectivity index (χ4v) is 2.49. The number of nitrogens with zero attached hydrogens (tertiary/aromatic N) is 3. The van der Waals surface area contributed by atoms with Gasteiger partial charge in [0.15, 0.2) is 17.3 Å². The molecule has 1 N–H and O–H groups in total. The zero-order valence-corrected chi connectivity index (χ0v) is 13.4. The van der Waals surface area contributed by atoms with Crippen LogP contribution in [-0.2, 0) is 0 Å². The van der Waals surface area contributed by atoms with E-state index in [2.05, 4.69) is 15.3 Å². The zero-order chi connectivity index (χ0) is 16.5. The Bertz CT molecular complexity index is 959. The standard InChI is InChI=1S/C15H12N4O4S/c1-20-11-5-9(6-12-13(11)23-8-22-12)7-16-19-14(17-18-15(19)24)10-3-2-4-21-10/h2-7H,8H2,1H3,(H,18,24)/b16-7-. The van der Waals surface area contributed by atoms with E-state index in [1.807, 2.05) is 6.07 Å². The molecule has 8 nitrogen and oxygen atoms in total. The van der Waals surface area contributed by atoms with Gasteiger partial charge in [-0.05, 0) is 36.5 Å². The summed E-state index contributed by atoms with van der Waals surface area (Å²) in [6.45, 7) is 0.168. The molecule has 0 fully saturated rings. The van der Waals surface area contributed by atoms with Gasteiger partial charge in [0.1, 0.15) is 0 Å². The molecule has 0 spiro atoms. The molecule has 0 saturated carbocycles. The highest BCUT2D eigenvalue weighted by molar-refractivity contribution is 7.71. The normalized spacial score (nSPS) is 12.9. The first kappa shape index (κ1) is 14.5. The number of furan rings is 1. The predicted octanol–water partition coefficient (Wildman–Crippen LogP) is 2.82. The molecule has 0 amide bonds. The van der Waals surface area contributed by atoms with Crippen molar-refractivity contribution < 1.29 is 18.6 Å². The molecule has 0 aliphatic carbocycles. The van der Waals surface area contributed by atoms with Crippen LogP contribution in [0, 0.1) is 4.77 Å². The Balaban J connectivity index is 1.72. The van der Waals surface area contributed by atoms with E-state index in [1.54, 1.807) is 37.8 Å². The number of nitrogens with one attached hydrogen (secondary N) is 1. The van der Waals surface area contributed by atoms with Crippen LogP contribution in [0.2, 0.25) is 0 Å². The third-order valence-electron chi connectivity index (χ3n) is 3.39. The molecule has 2 aromatic heterocycles. The second-order valence-corrected chi connectivity index (χ2v) is 5.23. The summed E-state index contributed by atoms with van der Waals surface area (Å²) in [7, 11) is 1.57. The van der Waals surface area contributed by atoms with Crippen molar-refractivity contribution in [2.45, 2.75) is 0 Å². The van der Waals surface area contributed by atoms with Crippen molar-refractivity contribution in [3.05, 3.63) is 40.9 Å². The number of ether oxygens (including phenoxy) is 3. The van der Waals surface area contributed by atoms with Gasteiger partial charge < -0.3 is 18.6 Å². The molecule has 1 aliphatic heterocycles. The van der Waals surface area contributed by atoms with E-state index in [-0.39, 0.29) is 6.79 Å². The van der Waals surface area contributed by atoms with Gasteiger partial charge in [-0.1, -0.05) is 0 Å². The van der Waals surface area contributed by atoms with Gasteiger partial charge in [0.05, 0.1) is 19.6 Å². The Hall–Kier alpha value is -3.07. The lowest BCUT2D eigenvalue weighted by Crippen LogP contribution is -1.95. The molecule has 0 atom stereocenters. The summed E-state index contributed by atoms with van der Waals surface area (Å²) in [6, 6.07) is 7.16. The SMILES string of the molecule is COc1cc(/C=N\n2c(-c3ccco3)n[nH]c2=S)cc2c1OCO2. The van der Waals surface area contributed by atoms with Crippen LogP contribution in [0.5, 0.6) is 17.2 Å². The molecule has 0 saturated heterocycles. The number of H-pyrrole nitrogens is 1. The van der Waals surface area contributed by atoms with Gasteiger partial charge in [0.2, 0.25) is 23.1 Å². The third-order valence-corrected chi connectivity index (χ3v) is 3.66.